The summed E-state index contributed by atoms with van der Waals surface area (Å²) < 4.78 is 28.8. The van der Waals surface area contributed by atoms with Crippen molar-refractivity contribution in [3.05, 3.63) is 59.7 Å². The number of carbonyl (C=O) groups is 1. The van der Waals surface area contributed by atoms with Crippen LogP contribution in [0, 0.1) is 6.92 Å². The van der Waals surface area contributed by atoms with Crippen molar-refractivity contribution in [2.45, 2.75) is 55.0 Å². The number of aryl methyl sites for hydroxylation is 1. The number of amides is 1. The second-order valence-electron chi connectivity index (χ2n) is 8.75. The van der Waals surface area contributed by atoms with Gasteiger partial charge < -0.3 is 10.0 Å². The fraction of sp³-hybridized carbons (Fsp3) is 0.435. The summed E-state index contributed by atoms with van der Waals surface area (Å²) in [6.07, 6.45) is 2.70. The summed E-state index contributed by atoms with van der Waals surface area (Å²) in [5.74, 6) is 0.0690. The number of piperidine rings is 1. The molecule has 2 aromatic rings. The lowest BCUT2D eigenvalue weighted by molar-refractivity contribution is -0.138. The summed E-state index contributed by atoms with van der Waals surface area (Å²) >= 11 is 0. The van der Waals surface area contributed by atoms with E-state index in [4.69, 9.17) is 0 Å². The van der Waals surface area contributed by atoms with Crippen molar-refractivity contribution < 1.29 is 18.3 Å². The van der Waals surface area contributed by atoms with Gasteiger partial charge in [0, 0.05) is 24.4 Å². The summed E-state index contributed by atoms with van der Waals surface area (Å²) in [4.78, 5) is 14.8. The zero-order valence-corrected chi connectivity index (χ0v) is 17.8. The number of sulfonamides is 1. The van der Waals surface area contributed by atoms with E-state index in [1.165, 1.54) is 4.31 Å². The van der Waals surface area contributed by atoms with Crippen LogP contribution in [-0.2, 0) is 20.2 Å². The van der Waals surface area contributed by atoms with E-state index in [-0.39, 0.29) is 29.5 Å². The Balaban J connectivity index is 1.63. The number of hydrogen-bond acceptors (Lipinski definition) is 4. The molecule has 2 fully saturated rings. The summed E-state index contributed by atoms with van der Waals surface area (Å²) in [6.45, 7) is 2.13. The van der Waals surface area contributed by atoms with Gasteiger partial charge in [0.05, 0.1) is 23.2 Å². The van der Waals surface area contributed by atoms with Crippen molar-refractivity contribution in [1.82, 2.24) is 4.90 Å². The average Bonchev–Trinajstić information content (AvgIpc) is 3.26. The lowest BCUT2D eigenvalue weighted by Crippen LogP contribution is -2.51. The minimum absolute atomic E-state index is 0.0690. The number of hydrogen-bond donors (Lipinski definition) is 1. The smallest absolute Gasteiger partial charge is 0.264 e. The molecule has 30 heavy (non-hydrogen) atoms. The molecule has 1 amide bonds. The number of anilines is 1. The van der Waals surface area contributed by atoms with Crippen molar-refractivity contribution in [2.24, 2.45) is 0 Å². The van der Waals surface area contributed by atoms with Gasteiger partial charge >= 0.3 is 0 Å². The molecule has 0 bridgehead atoms. The van der Waals surface area contributed by atoms with Crippen LogP contribution in [0.15, 0.2) is 53.4 Å². The van der Waals surface area contributed by atoms with Crippen LogP contribution in [0.1, 0.15) is 36.8 Å². The predicted octanol–water partition coefficient (Wildman–Crippen LogP) is 2.59. The first-order valence-corrected chi connectivity index (χ1v) is 11.9. The van der Waals surface area contributed by atoms with Crippen LogP contribution in [0.5, 0.6) is 0 Å². The summed E-state index contributed by atoms with van der Waals surface area (Å²) in [7, 11) is -3.74. The molecule has 0 aliphatic carbocycles. The van der Waals surface area contributed by atoms with Gasteiger partial charge in [0.1, 0.15) is 0 Å². The second-order valence-corrected chi connectivity index (χ2v) is 10.6. The number of para-hydroxylation sites is 1. The van der Waals surface area contributed by atoms with Gasteiger partial charge in [-0.1, -0.05) is 35.9 Å². The van der Waals surface area contributed by atoms with Crippen molar-refractivity contribution in [2.75, 3.05) is 17.5 Å². The Hall–Kier alpha value is -2.38. The molecule has 0 saturated carbocycles. The van der Waals surface area contributed by atoms with E-state index in [1.807, 2.05) is 48.2 Å². The lowest BCUT2D eigenvalue weighted by atomic mass is 9.73. The molecule has 3 atom stereocenters. The highest BCUT2D eigenvalue weighted by atomic mass is 32.2. The van der Waals surface area contributed by atoms with Gasteiger partial charge in [-0.05, 0) is 49.9 Å². The maximum atomic E-state index is 13.6. The molecule has 1 N–H and O–H groups in total. The minimum atomic E-state index is -3.74. The monoisotopic (exact) mass is 426 g/mol. The first-order valence-electron chi connectivity index (χ1n) is 10.5. The molecule has 3 heterocycles. The van der Waals surface area contributed by atoms with Crippen molar-refractivity contribution >= 4 is 21.6 Å². The summed E-state index contributed by atoms with van der Waals surface area (Å²) in [6, 6.07) is 14.2. The Labute approximate surface area is 177 Å². The van der Waals surface area contributed by atoms with Gasteiger partial charge in [-0.25, -0.2) is 8.42 Å². The fourth-order valence-corrected chi connectivity index (χ4v) is 7.30. The topological polar surface area (TPSA) is 77.9 Å². The largest absolute Gasteiger partial charge is 0.394 e. The predicted molar refractivity (Wildman–Crippen MR) is 114 cm³/mol. The summed E-state index contributed by atoms with van der Waals surface area (Å²) in [5, 5.41) is 10.0. The van der Waals surface area contributed by atoms with E-state index in [2.05, 4.69) is 0 Å². The van der Waals surface area contributed by atoms with Gasteiger partial charge in [0.2, 0.25) is 5.91 Å². The second kappa shape index (κ2) is 6.82. The third-order valence-electron chi connectivity index (χ3n) is 7.08. The van der Waals surface area contributed by atoms with Crippen LogP contribution >= 0.6 is 0 Å². The highest BCUT2D eigenvalue weighted by Crippen LogP contribution is 2.55. The molecule has 0 aromatic heterocycles. The Kier molecular flexibility index (Phi) is 4.45. The standard InChI is InChI=1S/C23H26N2O4S/c1-16-9-11-18(12-10-16)30(28,29)24-15-23(19-5-2-3-6-20(19)24)13-17(14-26)25-21(23)7-4-8-22(25)27/h2-3,5-6,9-12,17,21,26H,4,7-8,13-15H2,1H3/t17-,21+,23+/m0/s1. The third-order valence-corrected chi connectivity index (χ3v) is 8.85. The molecule has 1 spiro atoms. The zero-order chi connectivity index (χ0) is 21.1. The highest BCUT2D eigenvalue weighted by Gasteiger charge is 2.60. The Bertz CT molecular complexity index is 1100. The average molecular weight is 427 g/mol. The number of benzene rings is 2. The van der Waals surface area contributed by atoms with E-state index in [0.29, 0.717) is 25.1 Å². The van der Waals surface area contributed by atoms with Crippen LogP contribution in [0.4, 0.5) is 5.69 Å². The van der Waals surface area contributed by atoms with Crippen LogP contribution in [0.3, 0.4) is 0 Å². The Morgan fingerprint density at radius 2 is 1.87 bits per heavy atom. The van der Waals surface area contributed by atoms with Gasteiger partial charge in [-0.3, -0.25) is 9.10 Å². The van der Waals surface area contributed by atoms with Crippen LogP contribution in [0.2, 0.25) is 0 Å². The molecule has 2 aromatic carbocycles. The first kappa shape index (κ1) is 19.6. The number of nitrogens with zero attached hydrogens (tertiary/aromatic N) is 2. The number of fused-ring (bicyclic) bond motifs is 4. The molecule has 5 rings (SSSR count). The maximum absolute atomic E-state index is 13.6. The number of aliphatic hydroxyl groups excluding tert-OH is 1. The summed E-state index contributed by atoms with van der Waals surface area (Å²) in [5.41, 5.74) is 2.18. The van der Waals surface area contributed by atoms with Gasteiger partial charge in [0.25, 0.3) is 10.0 Å². The SMILES string of the molecule is Cc1ccc(S(=O)(=O)N2C[C@]3(C[C@@H](CO)N4C(=O)CCC[C@@H]43)c3ccccc32)cc1. The van der Waals surface area contributed by atoms with Crippen LogP contribution < -0.4 is 4.31 Å². The van der Waals surface area contributed by atoms with E-state index < -0.39 is 15.4 Å². The van der Waals surface area contributed by atoms with E-state index in [0.717, 1.165) is 24.0 Å². The van der Waals surface area contributed by atoms with E-state index in [1.54, 1.807) is 12.1 Å². The normalized spacial score (nSPS) is 28.1. The van der Waals surface area contributed by atoms with Crippen LogP contribution in [0.25, 0.3) is 0 Å². The lowest BCUT2D eigenvalue weighted by Gasteiger charge is -2.39. The van der Waals surface area contributed by atoms with E-state index in [9.17, 15) is 18.3 Å². The van der Waals surface area contributed by atoms with Gasteiger partial charge in [-0.15, -0.1) is 0 Å². The molecule has 7 heteroatoms. The molecule has 158 valence electrons. The van der Waals surface area contributed by atoms with E-state index >= 15 is 0 Å². The molecule has 0 unspecified atom stereocenters. The Morgan fingerprint density at radius 1 is 1.13 bits per heavy atom. The molecular weight excluding hydrogens is 400 g/mol. The minimum Gasteiger partial charge on any atom is -0.394 e. The van der Waals surface area contributed by atoms with Crippen LogP contribution in [-0.4, -0.2) is 49.6 Å². The van der Waals surface area contributed by atoms with Gasteiger partial charge in [0.15, 0.2) is 0 Å². The number of rotatable bonds is 3. The number of carbonyl (C=O) groups excluding carboxylic acids is 1. The Morgan fingerprint density at radius 3 is 2.60 bits per heavy atom. The van der Waals surface area contributed by atoms with Crippen molar-refractivity contribution in [3.63, 3.8) is 0 Å². The van der Waals surface area contributed by atoms with Crippen molar-refractivity contribution in [1.29, 1.82) is 0 Å². The first-order chi connectivity index (χ1) is 14.4. The molecule has 3 aliphatic heterocycles. The highest BCUT2D eigenvalue weighted by molar-refractivity contribution is 7.92. The molecule has 0 radical (unpaired) electrons. The molecule has 2 saturated heterocycles. The number of aliphatic hydroxyl groups is 1. The maximum Gasteiger partial charge on any atom is 0.264 e. The quantitative estimate of drug-likeness (QED) is 0.818. The third kappa shape index (κ3) is 2.65. The zero-order valence-electron chi connectivity index (χ0n) is 17.0. The molecule has 6 nitrogen and oxygen atoms in total. The fourth-order valence-electron chi connectivity index (χ4n) is 5.75. The molecular formula is C23H26N2O4S. The van der Waals surface area contributed by atoms with Crippen molar-refractivity contribution in [3.8, 4) is 0 Å². The van der Waals surface area contributed by atoms with Gasteiger partial charge in [-0.2, -0.15) is 0 Å². The molecule has 3 aliphatic rings.